The lowest BCUT2D eigenvalue weighted by Crippen LogP contribution is -2.38. The van der Waals surface area contributed by atoms with Gasteiger partial charge in [0.05, 0.1) is 6.54 Å². The van der Waals surface area contributed by atoms with Gasteiger partial charge in [-0.15, -0.1) is 0 Å². The summed E-state index contributed by atoms with van der Waals surface area (Å²) >= 11 is 0. The van der Waals surface area contributed by atoms with Gasteiger partial charge in [0.15, 0.2) is 0 Å². The first-order valence-corrected chi connectivity index (χ1v) is 13.2. The van der Waals surface area contributed by atoms with Gasteiger partial charge >= 0.3 is 0 Å². The number of aryl methyl sites for hydroxylation is 2. The predicted molar refractivity (Wildman–Crippen MR) is 145 cm³/mol. The van der Waals surface area contributed by atoms with E-state index in [9.17, 15) is 9.59 Å². The van der Waals surface area contributed by atoms with E-state index in [0.717, 1.165) is 38.6 Å². The van der Waals surface area contributed by atoms with Crippen LogP contribution in [0, 0.1) is 24.7 Å². The van der Waals surface area contributed by atoms with Gasteiger partial charge in [-0.1, -0.05) is 55.5 Å². The number of rotatable bonds is 13. The first-order chi connectivity index (χ1) is 17.5. The van der Waals surface area contributed by atoms with Gasteiger partial charge in [-0.3, -0.25) is 9.59 Å². The molecule has 3 rings (SSSR count). The lowest BCUT2D eigenvalue weighted by atomic mass is 10.0. The molecule has 1 aliphatic rings. The van der Waals surface area contributed by atoms with Gasteiger partial charge in [0.2, 0.25) is 0 Å². The molecule has 1 heterocycles. The maximum Gasteiger partial charge on any atom is 0.272 e. The van der Waals surface area contributed by atoms with Crippen LogP contribution >= 0.6 is 0 Å². The molecule has 1 aliphatic carbocycles. The van der Waals surface area contributed by atoms with Crippen LogP contribution in [0.5, 0.6) is 0 Å². The average Bonchev–Trinajstić information content (AvgIpc) is 3.71. The molecule has 6 nitrogen and oxygen atoms in total. The highest BCUT2D eigenvalue weighted by Crippen LogP contribution is 2.27. The zero-order valence-corrected chi connectivity index (χ0v) is 22.0. The summed E-state index contributed by atoms with van der Waals surface area (Å²) in [6.07, 6.45) is 6.94. The quantitative estimate of drug-likeness (QED) is 0.324. The Morgan fingerprint density at radius 1 is 1.17 bits per heavy atom. The molecule has 6 heteroatoms. The number of benzene rings is 1. The van der Waals surface area contributed by atoms with Gasteiger partial charge in [-0.25, -0.2) is 4.98 Å². The smallest absolute Gasteiger partial charge is 0.272 e. The molecule has 36 heavy (non-hydrogen) atoms. The van der Waals surface area contributed by atoms with E-state index in [4.69, 9.17) is 0 Å². The summed E-state index contributed by atoms with van der Waals surface area (Å²) in [5.74, 6) is 6.75. The monoisotopic (exact) mass is 488 g/mol. The zero-order valence-electron chi connectivity index (χ0n) is 22.0. The fraction of sp³-hybridized carbons (Fsp3) is 0.500. The molecule has 1 atom stereocenters. The molecule has 192 valence electrons. The lowest BCUT2D eigenvalue weighted by molar-refractivity contribution is 0.0787. The molecule has 2 amide bonds. The maximum absolute atomic E-state index is 13.2. The van der Waals surface area contributed by atoms with Crippen molar-refractivity contribution in [2.24, 2.45) is 5.92 Å². The molecule has 2 N–H and O–H groups in total. The molecule has 1 aromatic heterocycles. The van der Waals surface area contributed by atoms with E-state index in [2.05, 4.69) is 46.5 Å². The number of nitrogens with zero attached hydrogens (tertiary/aromatic N) is 2. The summed E-state index contributed by atoms with van der Waals surface area (Å²) < 4.78 is 0. The second-order valence-corrected chi connectivity index (χ2v) is 9.72. The third-order valence-corrected chi connectivity index (χ3v) is 6.35. The Labute approximate surface area is 216 Å². The molecule has 0 saturated heterocycles. The number of hydrogen-bond acceptors (Lipinski definition) is 4. The van der Waals surface area contributed by atoms with Gasteiger partial charge in [0.25, 0.3) is 11.8 Å². The Hall–Kier alpha value is -3.17. The summed E-state index contributed by atoms with van der Waals surface area (Å²) in [5.41, 5.74) is 2.70. The molecule has 0 bridgehead atoms. The van der Waals surface area contributed by atoms with Crippen molar-refractivity contribution in [3.8, 4) is 11.8 Å². The fourth-order valence-electron chi connectivity index (χ4n) is 3.99. The first kappa shape index (κ1) is 27.4. The van der Waals surface area contributed by atoms with Gasteiger partial charge in [0, 0.05) is 36.8 Å². The van der Waals surface area contributed by atoms with E-state index < -0.39 is 0 Å². The highest BCUT2D eigenvalue weighted by atomic mass is 16.2. The number of aromatic nitrogens is 1. The SMILES string of the molecule is CCCCN(C)C(=O)c1cc(C(=O)NC(CCNCC#CC2CC2)CCc2ccccc2)cc(C)n1. The molecule has 0 aliphatic heterocycles. The molecule has 1 saturated carbocycles. The molecule has 1 fully saturated rings. The van der Waals surface area contributed by atoms with Crippen LogP contribution in [0.25, 0.3) is 0 Å². The highest BCUT2D eigenvalue weighted by Gasteiger charge is 2.19. The van der Waals surface area contributed by atoms with E-state index in [1.807, 2.05) is 25.1 Å². The molecular formula is C30H40N4O2. The largest absolute Gasteiger partial charge is 0.349 e. The van der Waals surface area contributed by atoms with Crippen LogP contribution in [0.2, 0.25) is 0 Å². The lowest BCUT2D eigenvalue weighted by Gasteiger charge is -2.20. The Morgan fingerprint density at radius 2 is 1.94 bits per heavy atom. The minimum atomic E-state index is -0.169. The zero-order chi connectivity index (χ0) is 25.8. The van der Waals surface area contributed by atoms with Gasteiger partial charge in [0.1, 0.15) is 5.69 Å². The number of amides is 2. The van der Waals surface area contributed by atoms with E-state index in [1.54, 1.807) is 24.1 Å². The molecule has 0 radical (unpaired) electrons. The summed E-state index contributed by atoms with van der Waals surface area (Å²) in [6.45, 7) is 6.04. The highest BCUT2D eigenvalue weighted by molar-refractivity contribution is 5.98. The van der Waals surface area contributed by atoms with Crippen molar-refractivity contribution in [1.29, 1.82) is 0 Å². The van der Waals surface area contributed by atoms with E-state index in [0.29, 0.717) is 36.0 Å². The minimum absolute atomic E-state index is 0.00134. The standard InChI is InChI=1S/C30H40N4O2/c1-4-5-20-34(3)30(36)28-22-26(21-23(2)32-28)29(35)33-27(16-15-24-10-7-6-8-11-24)17-19-31-18-9-12-25-13-14-25/h6-8,10-11,21-22,25,27,31H,4-5,13-20H2,1-3H3,(H,33,35). The number of pyridine rings is 1. The molecule has 2 aromatic rings. The van der Waals surface area contributed by atoms with Crippen LogP contribution in [-0.4, -0.2) is 54.4 Å². The fourth-order valence-corrected chi connectivity index (χ4v) is 3.99. The topological polar surface area (TPSA) is 74.3 Å². The average molecular weight is 489 g/mol. The molecule has 1 aromatic carbocycles. The summed E-state index contributed by atoms with van der Waals surface area (Å²) in [5, 5.41) is 6.60. The molecule has 1 unspecified atom stereocenters. The van der Waals surface area contributed by atoms with Gasteiger partial charge in [-0.05, 0) is 69.7 Å². The summed E-state index contributed by atoms with van der Waals surface area (Å²) in [6, 6.07) is 13.7. The van der Waals surface area contributed by atoms with Gasteiger partial charge < -0.3 is 15.5 Å². The summed E-state index contributed by atoms with van der Waals surface area (Å²) in [4.78, 5) is 32.2. The number of carbonyl (C=O) groups excluding carboxylic acids is 2. The third kappa shape index (κ3) is 9.47. The Balaban J connectivity index is 1.63. The van der Waals surface area contributed by atoms with Crippen molar-refractivity contribution in [2.75, 3.05) is 26.7 Å². The third-order valence-electron chi connectivity index (χ3n) is 6.35. The molecular weight excluding hydrogens is 448 g/mol. The van der Waals surface area contributed by atoms with Crippen LogP contribution in [-0.2, 0) is 6.42 Å². The van der Waals surface area contributed by atoms with Crippen molar-refractivity contribution in [2.45, 2.75) is 64.8 Å². The minimum Gasteiger partial charge on any atom is -0.349 e. The Morgan fingerprint density at radius 3 is 2.67 bits per heavy atom. The van der Waals surface area contributed by atoms with Crippen LogP contribution in [0.3, 0.4) is 0 Å². The second kappa shape index (κ2) is 14.4. The second-order valence-electron chi connectivity index (χ2n) is 9.72. The number of hydrogen-bond donors (Lipinski definition) is 2. The number of carbonyl (C=O) groups is 2. The van der Waals surface area contributed by atoms with E-state index in [-0.39, 0.29) is 17.9 Å². The van der Waals surface area contributed by atoms with Gasteiger partial charge in [-0.2, -0.15) is 0 Å². The van der Waals surface area contributed by atoms with Crippen molar-refractivity contribution in [3.63, 3.8) is 0 Å². The first-order valence-electron chi connectivity index (χ1n) is 13.2. The van der Waals surface area contributed by atoms with Crippen LogP contribution < -0.4 is 10.6 Å². The van der Waals surface area contributed by atoms with Crippen molar-refractivity contribution >= 4 is 11.8 Å². The predicted octanol–water partition coefficient (Wildman–Crippen LogP) is 4.39. The number of unbranched alkanes of at least 4 members (excludes halogenated alkanes) is 1. The Bertz CT molecular complexity index is 1050. The van der Waals surface area contributed by atoms with Crippen molar-refractivity contribution in [3.05, 3.63) is 65.0 Å². The van der Waals surface area contributed by atoms with E-state index in [1.165, 1.54) is 18.4 Å². The van der Waals surface area contributed by atoms with Crippen LogP contribution in [0.1, 0.15) is 77.6 Å². The maximum atomic E-state index is 13.2. The van der Waals surface area contributed by atoms with Crippen LogP contribution in [0.4, 0.5) is 0 Å². The van der Waals surface area contributed by atoms with E-state index >= 15 is 0 Å². The summed E-state index contributed by atoms with van der Waals surface area (Å²) in [7, 11) is 1.78. The van der Waals surface area contributed by atoms with Crippen molar-refractivity contribution < 1.29 is 9.59 Å². The normalized spacial score (nSPS) is 13.4. The number of nitrogens with one attached hydrogen (secondary N) is 2. The van der Waals surface area contributed by atoms with Crippen molar-refractivity contribution in [1.82, 2.24) is 20.5 Å². The van der Waals surface area contributed by atoms with Crippen LogP contribution in [0.15, 0.2) is 42.5 Å². The Kier molecular flexibility index (Phi) is 11.0. The molecule has 0 spiro atoms.